The van der Waals surface area contributed by atoms with Crippen molar-refractivity contribution in [2.24, 2.45) is 10.6 Å². The van der Waals surface area contributed by atoms with Crippen LogP contribution in [0.25, 0.3) is 0 Å². The topological polar surface area (TPSA) is 102 Å². The summed E-state index contributed by atoms with van der Waals surface area (Å²) in [4.78, 5) is 6.99. The second-order valence-electron chi connectivity index (χ2n) is 0.261. The second kappa shape index (κ2) is 18.7. The van der Waals surface area contributed by atoms with Gasteiger partial charge in [0.1, 0.15) is 0 Å². The molecule has 0 aliphatic heterocycles. The van der Waals surface area contributed by atoms with E-state index in [1.165, 1.54) is 0 Å². The zero-order chi connectivity index (χ0) is 6.12. The molecule has 0 bridgehead atoms. The van der Waals surface area contributed by atoms with Crippen LogP contribution in [0.2, 0.25) is 0 Å². The van der Waals surface area contributed by atoms with Crippen molar-refractivity contribution in [3.8, 4) is 0 Å². The highest BCUT2D eigenvalue weighted by Gasteiger charge is 1.35. The zero-order valence-corrected chi connectivity index (χ0v) is 3.99. The Bertz CT molecular complexity index is 47.7. The van der Waals surface area contributed by atoms with Crippen LogP contribution in [0.4, 0.5) is 0 Å². The number of rotatable bonds is 0. The van der Waals surface area contributed by atoms with Crippen molar-refractivity contribution in [1.29, 1.82) is 0 Å². The highest BCUT2D eigenvalue weighted by atomic mass is 31.1. The Balaban J connectivity index is 0. The first-order valence-corrected chi connectivity index (χ1v) is 1.75. The van der Waals surface area contributed by atoms with Gasteiger partial charge in [0.15, 0.2) is 0 Å². The summed E-state index contributed by atoms with van der Waals surface area (Å²) in [7, 11) is -0.833. The Hall–Kier alpha value is -0.740. The van der Waals surface area contributed by atoms with Gasteiger partial charge in [0.2, 0.25) is 0 Å². The minimum Gasteiger partial charge on any atom is -0.392 e. The largest absolute Gasteiger partial charge is 0.392 e. The van der Waals surface area contributed by atoms with Crippen LogP contribution >= 0.6 is 8.69 Å². The van der Waals surface area contributed by atoms with Gasteiger partial charge in [-0.25, -0.2) is 4.57 Å². The normalized spacial score (nSPS) is 8.14. The summed E-state index contributed by atoms with van der Waals surface area (Å²) in [6.07, 6.45) is 0. The highest BCUT2D eigenvalue weighted by molar-refractivity contribution is 7.16. The summed E-state index contributed by atoms with van der Waals surface area (Å²) >= 11 is 0. The highest BCUT2D eigenvalue weighted by Crippen LogP contribution is 1.66. The van der Waals surface area contributed by atoms with Crippen LogP contribution in [0.15, 0.2) is 10.6 Å². The predicted molar refractivity (Wildman–Crippen MR) is 18.3 cm³/mol. The van der Waals surface area contributed by atoms with Crippen molar-refractivity contribution in [3.05, 3.63) is 0 Å². The summed E-state index contributed by atoms with van der Waals surface area (Å²) < 4.78 is 8.46. The van der Waals surface area contributed by atoms with Crippen LogP contribution in [0.3, 0.4) is 0 Å². The van der Waals surface area contributed by atoms with Gasteiger partial charge in [0.05, 0.1) is 10.6 Å². The van der Waals surface area contributed by atoms with Gasteiger partial charge in [-0.3, -0.25) is 0 Å². The maximum Gasteiger partial charge on any atom is 0.324 e. The van der Waals surface area contributed by atoms with Gasteiger partial charge in [-0.2, -0.15) is 0 Å². The molecule has 0 fully saturated rings. The maximum absolute atomic E-state index is 8.46. The van der Waals surface area contributed by atoms with E-state index in [0.717, 1.165) is 0 Å². The third kappa shape index (κ3) is 827. The Kier molecular flexibility index (Phi) is 25.5. The molecule has 0 radical (unpaired) electrons. The van der Waals surface area contributed by atoms with E-state index in [-0.39, 0.29) is 0 Å². The Morgan fingerprint density at radius 2 is 1.43 bits per heavy atom. The van der Waals surface area contributed by atoms with Crippen molar-refractivity contribution < 1.29 is 19.9 Å². The third-order valence-corrected chi connectivity index (χ3v) is 0.0400. The summed E-state index contributed by atoms with van der Waals surface area (Å²) in [5, 5.41) is 18.0. The van der Waals surface area contributed by atoms with Crippen molar-refractivity contribution in [2.45, 2.75) is 0 Å². The lowest BCUT2D eigenvalue weighted by Gasteiger charge is -1.53. The molecule has 0 unspecified atom stereocenters. The lowest BCUT2D eigenvalue weighted by atomic mass is 13.0. The monoisotopic (exact) mass is 126 g/mol. The van der Waals surface area contributed by atoms with Gasteiger partial charge in [-0.05, 0) is 0 Å². The van der Waals surface area contributed by atoms with E-state index >= 15 is 0 Å². The SMILES string of the molecule is O=PO.ON=NO. The van der Waals surface area contributed by atoms with Gasteiger partial charge < -0.3 is 15.3 Å². The predicted octanol–water partition coefficient (Wildman–Crippen LogP) is 0.402. The van der Waals surface area contributed by atoms with Crippen molar-refractivity contribution in [3.63, 3.8) is 0 Å². The maximum atomic E-state index is 8.46. The first-order valence-electron chi connectivity index (χ1n) is 0.983. The van der Waals surface area contributed by atoms with E-state index in [1.807, 2.05) is 10.6 Å². The second-order valence-corrected chi connectivity index (χ2v) is 0.424. The first kappa shape index (κ1) is 9.54. The summed E-state index contributed by atoms with van der Waals surface area (Å²) in [5.74, 6) is 0. The molecule has 7 heteroatoms. The molecule has 0 aromatic heterocycles. The quantitative estimate of drug-likeness (QED) is 0.248. The number of hydrogen-bond acceptors (Lipinski definition) is 3. The van der Waals surface area contributed by atoms with Crippen molar-refractivity contribution in [2.75, 3.05) is 0 Å². The molecular weight excluding hydrogens is 123 g/mol. The van der Waals surface area contributed by atoms with Crippen LogP contribution < -0.4 is 0 Å². The van der Waals surface area contributed by atoms with Crippen LogP contribution in [0.5, 0.6) is 0 Å². The van der Waals surface area contributed by atoms with Crippen molar-refractivity contribution in [1.82, 2.24) is 0 Å². The third-order valence-electron chi connectivity index (χ3n) is 0.0400. The van der Waals surface area contributed by atoms with E-state index in [1.54, 1.807) is 0 Å². The Labute approximate surface area is 40.3 Å². The summed E-state index contributed by atoms with van der Waals surface area (Å²) in [5.41, 5.74) is 0. The molecule has 6 nitrogen and oxygen atoms in total. The molecule has 0 aromatic rings. The van der Waals surface area contributed by atoms with Crippen LogP contribution in [0.1, 0.15) is 0 Å². The van der Waals surface area contributed by atoms with Gasteiger partial charge in [0, 0.05) is 0 Å². The molecular formula is H3N2O4P. The molecule has 42 valence electrons. The van der Waals surface area contributed by atoms with E-state index in [4.69, 9.17) is 19.9 Å². The molecule has 0 amide bonds. The minimum absolute atomic E-state index is 0.833. The number of nitrogens with zero attached hydrogens (tertiary/aromatic N) is 2. The molecule has 0 saturated heterocycles. The van der Waals surface area contributed by atoms with Crippen LogP contribution in [0, 0.1) is 0 Å². The first-order chi connectivity index (χ1) is 3.33. The molecule has 0 aliphatic rings. The minimum atomic E-state index is -0.833. The average molecular weight is 126 g/mol. The van der Waals surface area contributed by atoms with Gasteiger partial charge in [0.25, 0.3) is 0 Å². The molecule has 0 spiro atoms. The molecule has 0 aromatic carbocycles. The molecule has 0 saturated carbocycles. The Morgan fingerprint density at radius 3 is 1.43 bits per heavy atom. The van der Waals surface area contributed by atoms with Crippen LogP contribution in [-0.4, -0.2) is 15.3 Å². The van der Waals surface area contributed by atoms with E-state index < -0.39 is 8.69 Å². The number of hydrogen-bond donors (Lipinski definition) is 3. The average Bonchev–Trinajstić information content (AvgIpc) is 1.69. The van der Waals surface area contributed by atoms with Gasteiger partial charge in [-0.1, -0.05) is 0 Å². The Morgan fingerprint density at radius 1 is 1.29 bits per heavy atom. The molecule has 0 atom stereocenters. The molecule has 0 heterocycles. The zero-order valence-electron chi connectivity index (χ0n) is 3.09. The fraction of sp³-hybridized carbons (Fsp3) is 0. The van der Waals surface area contributed by atoms with E-state index in [0.29, 0.717) is 0 Å². The van der Waals surface area contributed by atoms with E-state index in [2.05, 4.69) is 0 Å². The fourth-order valence-electron chi connectivity index (χ4n) is 0. The standard InChI is InChI=1S/H2N2O2.HO2P/c3-1-2-4;1-3-2/h(H,1,4)(H,2,3);(H,1,2). The van der Waals surface area contributed by atoms with Crippen molar-refractivity contribution >= 4 is 8.69 Å². The lowest BCUT2D eigenvalue weighted by Crippen LogP contribution is -1.41. The van der Waals surface area contributed by atoms with Gasteiger partial charge in [-0.15, -0.1) is 0 Å². The molecule has 7 heavy (non-hydrogen) atoms. The van der Waals surface area contributed by atoms with Crippen LogP contribution in [-0.2, 0) is 4.57 Å². The molecule has 3 N–H and O–H groups in total. The van der Waals surface area contributed by atoms with Gasteiger partial charge >= 0.3 is 8.69 Å². The molecule has 0 aliphatic carbocycles. The molecule has 0 rings (SSSR count). The summed E-state index contributed by atoms with van der Waals surface area (Å²) in [6, 6.07) is 0. The van der Waals surface area contributed by atoms with E-state index in [9.17, 15) is 0 Å². The fourth-order valence-corrected chi connectivity index (χ4v) is 0. The summed E-state index contributed by atoms with van der Waals surface area (Å²) in [6.45, 7) is 0. The smallest absolute Gasteiger partial charge is 0.324 e. The lowest BCUT2D eigenvalue weighted by molar-refractivity contribution is 0.177.